The van der Waals surface area contributed by atoms with E-state index in [1.165, 1.54) is 0 Å². The molecule has 18 heavy (non-hydrogen) atoms. The summed E-state index contributed by atoms with van der Waals surface area (Å²) < 4.78 is 0. The van der Waals surface area contributed by atoms with Gasteiger partial charge in [0, 0.05) is 34.4 Å². The molecule has 0 aliphatic carbocycles. The van der Waals surface area contributed by atoms with Crippen LogP contribution in [0.25, 0.3) is 22.2 Å². The number of H-pyrrole nitrogens is 1. The Morgan fingerprint density at radius 3 is 2.83 bits per heavy atom. The van der Waals surface area contributed by atoms with E-state index in [0.29, 0.717) is 5.56 Å². The van der Waals surface area contributed by atoms with Crippen LogP contribution in [0.4, 0.5) is 0 Å². The van der Waals surface area contributed by atoms with Crippen LogP contribution in [0.15, 0.2) is 42.7 Å². The van der Waals surface area contributed by atoms with Crippen LogP contribution in [0.2, 0.25) is 0 Å². The Hall–Kier alpha value is -2.42. The van der Waals surface area contributed by atoms with E-state index in [-0.39, 0.29) is 0 Å². The molecule has 3 nitrogen and oxygen atoms in total. The molecular weight excluding hydrogens is 224 g/mol. The molecule has 0 saturated heterocycles. The van der Waals surface area contributed by atoms with Crippen LogP contribution in [0.5, 0.6) is 0 Å². The zero-order valence-corrected chi connectivity index (χ0v) is 9.97. The molecule has 1 aromatic carbocycles. The van der Waals surface area contributed by atoms with Crippen LogP contribution < -0.4 is 0 Å². The summed E-state index contributed by atoms with van der Waals surface area (Å²) in [5.41, 5.74) is 4.55. The fourth-order valence-corrected chi connectivity index (χ4v) is 2.31. The Kier molecular flexibility index (Phi) is 2.45. The van der Waals surface area contributed by atoms with Gasteiger partial charge in [-0.1, -0.05) is 12.1 Å². The Morgan fingerprint density at radius 1 is 1.22 bits per heavy atom. The summed E-state index contributed by atoms with van der Waals surface area (Å²) in [6.45, 7) is 2.01. The van der Waals surface area contributed by atoms with E-state index < -0.39 is 0 Å². The number of hydrogen-bond donors (Lipinski definition) is 1. The minimum atomic E-state index is 0.705. The molecule has 0 unspecified atom stereocenters. The van der Waals surface area contributed by atoms with Crippen LogP contribution in [0.3, 0.4) is 0 Å². The maximum atomic E-state index is 11.4. The molecule has 3 heteroatoms. The molecule has 0 fully saturated rings. The first kappa shape index (κ1) is 10.7. The monoisotopic (exact) mass is 236 g/mol. The van der Waals surface area contributed by atoms with Crippen LogP contribution in [-0.4, -0.2) is 16.3 Å². The van der Waals surface area contributed by atoms with Gasteiger partial charge in [0.15, 0.2) is 6.29 Å². The van der Waals surface area contributed by atoms with Crippen LogP contribution >= 0.6 is 0 Å². The van der Waals surface area contributed by atoms with Crippen molar-refractivity contribution in [2.24, 2.45) is 0 Å². The minimum absolute atomic E-state index is 0.705. The van der Waals surface area contributed by atoms with Crippen molar-refractivity contribution in [1.82, 2.24) is 9.97 Å². The highest BCUT2D eigenvalue weighted by Gasteiger charge is 2.13. The standard InChI is InChI=1S/C15H12N2O/c1-10-4-2-6-13-14(10)12(9-18)15(17-13)11-5-3-7-16-8-11/h2-9,17H,1H3. The predicted molar refractivity (Wildman–Crippen MR) is 71.7 cm³/mol. The van der Waals surface area contributed by atoms with Gasteiger partial charge in [-0.25, -0.2) is 0 Å². The summed E-state index contributed by atoms with van der Waals surface area (Å²) in [7, 11) is 0. The lowest BCUT2D eigenvalue weighted by Gasteiger charge is -1.98. The number of aryl methyl sites for hydroxylation is 1. The van der Waals surface area contributed by atoms with Crippen molar-refractivity contribution in [2.45, 2.75) is 6.92 Å². The highest BCUT2D eigenvalue weighted by atomic mass is 16.1. The third kappa shape index (κ3) is 1.52. The highest BCUT2D eigenvalue weighted by molar-refractivity contribution is 6.05. The second-order valence-electron chi connectivity index (χ2n) is 4.27. The van der Waals surface area contributed by atoms with Gasteiger partial charge in [-0.3, -0.25) is 9.78 Å². The number of nitrogens with zero attached hydrogens (tertiary/aromatic N) is 1. The van der Waals surface area contributed by atoms with Crippen LogP contribution in [0.1, 0.15) is 15.9 Å². The summed E-state index contributed by atoms with van der Waals surface area (Å²) >= 11 is 0. The number of nitrogens with one attached hydrogen (secondary N) is 1. The molecule has 0 amide bonds. The lowest BCUT2D eigenvalue weighted by molar-refractivity contribution is 0.112. The number of benzene rings is 1. The fraction of sp³-hybridized carbons (Fsp3) is 0.0667. The molecule has 1 N–H and O–H groups in total. The number of aromatic nitrogens is 2. The Labute approximate surface area is 104 Å². The first-order valence-corrected chi connectivity index (χ1v) is 5.78. The van der Waals surface area contributed by atoms with Crippen molar-refractivity contribution >= 4 is 17.2 Å². The second kappa shape index (κ2) is 4.11. The molecule has 3 aromatic rings. The third-order valence-corrected chi connectivity index (χ3v) is 3.14. The predicted octanol–water partition coefficient (Wildman–Crippen LogP) is 3.35. The average Bonchev–Trinajstić information content (AvgIpc) is 2.79. The molecule has 2 heterocycles. The van der Waals surface area contributed by atoms with Gasteiger partial charge in [0.25, 0.3) is 0 Å². The molecule has 0 spiro atoms. The fourth-order valence-electron chi connectivity index (χ4n) is 2.31. The van der Waals surface area contributed by atoms with E-state index in [1.807, 2.05) is 37.3 Å². The van der Waals surface area contributed by atoms with Crippen molar-refractivity contribution in [2.75, 3.05) is 0 Å². The Morgan fingerprint density at radius 2 is 2.11 bits per heavy atom. The van der Waals surface area contributed by atoms with E-state index in [1.54, 1.807) is 12.4 Å². The van der Waals surface area contributed by atoms with E-state index in [0.717, 1.165) is 34.0 Å². The molecule has 3 rings (SSSR count). The zero-order valence-electron chi connectivity index (χ0n) is 9.97. The molecular formula is C15H12N2O. The van der Waals surface area contributed by atoms with Gasteiger partial charge in [-0.2, -0.15) is 0 Å². The van der Waals surface area contributed by atoms with Gasteiger partial charge >= 0.3 is 0 Å². The van der Waals surface area contributed by atoms with Gasteiger partial charge < -0.3 is 4.98 Å². The molecule has 0 saturated carbocycles. The topological polar surface area (TPSA) is 45.8 Å². The molecule has 0 radical (unpaired) electrons. The summed E-state index contributed by atoms with van der Waals surface area (Å²) in [6, 6.07) is 9.78. The number of carbonyl (C=O) groups is 1. The Bertz CT molecular complexity index is 714. The molecule has 0 atom stereocenters. The first-order chi connectivity index (χ1) is 8.81. The normalized spacial score (nSPS) is 10.7. The average molecular weight is 236 g/mol. The van der Waals surface area contributed by atoms with E-state index in [2.05, 4.69) is 9.97 Å². The number of rotatable bonds is 2. The highest BCUT2D eigenvalue weighted by Crippen LogP contribution is 2.30. The third-order valence-electron chi connectivity index (χ3n) is 3.14. The molecule has 88 valence electrons. The van der Waals surface area contributed by atoms with E-state index in [9.17, 15) is 4.79 Å². The van der Waals surface area contributed by atoms with Crippen LogP contribution in [0, 0.1) is 6.92 Å². The van der Waals surface area contributed by atoms with Crippen molar-refractivity contribution in [1.29, 1.82) is 0 Å². The SMILES string of the molecule is Cc1cccc2[nH]c(-c3cccnc3)c(C=O)c12. The van der Waals surface area contributed by atoms with E-state index in [4.69, 9.17) is 0 Å². The maximum absolute atomic E-state index is 11.4. The zero-order chi connectivity index (χ0) is 12.5. The molecule has 0 aliphatic heterocycles. The van der Waals surface area contributed by atoms with Gasteiger partial charge in [-0.05, 0) is 30.7 Å². The quantitative estimate of drug-likeness (QED) is 0.693. The van der Waals surface area contributed by atoms with Crippen molar-refractivity contribution in [3.8, 4) is 11.3 Å². The summed E-state index contributed by atoms with van der Waals surface area (Å²) in [6.07, 6.45) is 4.39. The number of fused-ring (bicyclic) bond motifs is 1. The molecule has 0 aliphatic rings. The summed E-state index contributed by atoms with van der Waals surface area (Å²) in [5.74, 6) is 0. The Balaban J connectivity index is 2.37. The van der Waals surface area contributed by atoms with Gasteiger partial charge in [-0.15, -0.1) is 0 Å². The number of aromatic amines is 1. The second-order valence-corrected chi connectivity index (χ2v) is 4.27. The summed E-state index contributed by atoms with van der Waals surface area (Å²) in [5, 5.41) is 0.992. The van der Waals surface area contributed by atoms with Crippen molar-refractivity contribution < 1.29 is 4.79 Å². The van der Waals surface area contributed by atoms with Gasteiger partial charge in [0.1, 0.15) is 0 Å². The number of hydrogen-bond acceptors (Lipinski definition) is 2. The van der Waals surface area contributed by atoms with Crippen molar-refractivity contribution in [3.05, 3.63) is 53.9 Å². The van der Waals surface area contributed by atoms with E-state index >= 15 is 0 Å². The number of aldehydes is 1. The smallest absolute Gasteiger partial charge is 0.152 e. The summed E-state index contributed by atoms with van der Waals surface area (Å²) in [4.78, 5) is 18.8. The maximum Gasteiger partial charge on any atom is 0.152 e. The van der Waals surface area contributed by atoms with Gasteiger partial charge in [0.05, 0.1) is 5.69 Å². The number of carbonyl (C=O) groups excluding carboxylic acids is 1. The lowest BCUT2D eigenvalue weighted by atomic mass is 10.0. The van der Waals surface area contributed by atoms with Gasteiger partial charge in [0.2, 0.25) is 0 Å². The molecule has 2 aromatic heterocycles. The minimum Gasteiger partial charge on any atom is -0.354 e. The largest absolute Gasteiger partial charge is 0.354 e. The lowest BCUT2D eigenvalue weighted by Crippen LogP contribution is -1.85. The van der Waals surface area contributed by atoms with Crippen LogP contribution in [-0.2, 0) is 0 Å². The van der Waals surface area contributed by atoms with Crippen molar-refractivity contribution in [3.63, 3.8) is 0 Å². The number of pyridine rings is 1. The molecule has 0 bridgehead atoms. The first-order valence-electron chi connectivity index (χ1n) is 5.78.